The summed E-state index contributed by atoms with van der Waals surface area (Å²) in [5, 5.41) is 2.37. The molecular weight excluding hydrogens is 232 g/mol. The number of carbonyl (C=O) groups excluding carboxylic acids is 2. The van der Waals surface area contributed by atoms with E-state index in [1.54, 1.807) is 6.92 Å². The molecule has 0 atom stereocenters. The van der Waals surface area contributed by atoms with E-state index in [4.69, 9.17) is 0 Å². The summed E-state index contributed by atoms with van der Waals surface area (Å²) < 4.78 is 24.8. The van der Waals surface area contributed by atoms with Crippen molar-refractivity contribution < 1.29 is 18.0 Å². The van der Waals surface area contributed by atoms with Crippen molar-refractivity contribution >= 4 is 22.3 Å². The predicted octanol–water partition coefficient (Wildman–Crippen LogP) is -0.737. The highest BCUT2D eigenvalue weighted by molar-refractivity contribution is 7.91. The molecule has 0 saturated heterocycles. The molecule has 2 N–H and O–H groups in total. The highest BCUT2D eigenvalue weighted by Gasteiger charge is 2.55. The first kappa shape index (κ1) is 11.4. The van der Waals surface area contributed by atoms with Gasteiger partial charge in [-0.15, -0.1) is 0 Å². The molecule has 0 bridgehead atoms. The van der Waals surface area contributed by atoms with Gasteiger partial charge in [0.05, 0.1) is 4.75 Å². The Bertz CT molecular complexity index is 434. The predicted molar refractivity (Wildman–Crippen MR) is 55.9 cm³/mol. The lowest BCUT2D eigenvalue weighted by Gasteiger charge is -2.17. The Hall–Kier alpha value is -1.11. The number of carbonyl (C=O) groups is 2. The van der Waals surface area contributed by atoms with Crippen LogP contribution in [0.15, 0.2) is 0 Å². The molecule has 2 aliphatic carbocycles. The van der Waals surface area contributed by atoms with Crippen LogP contribution in [-0.4, -0.2) is 31.0 Å². The van der Waals surface area contributed by atoms with Crippen molar-refractivity contribution in [3.63, 3.8) is 0 Å². The Labute approximate surface area is 93.8 Å². The molecule has 16 heavy (non-hydrogen) atoms. The van der Waals surface area contributed by atoms with E-state index in [1.165, 1.54) is 0 Å². The largest absolute Gasteiger partial charge is 0.344 e. The van der Waals surface area contributed by atoms with Crippen LogP contribution in [0.2, 0.25) is 0 Å². The second-order valence-electron chi connectivity index (χ2n) is 4.73. The number of rotatable bonds is 5. The third kappa shape index (κ3) is 1.68. The molecule has 0 unspecified atom stereocenters. The van der Waals surface area contributed by atoms with Crippen LogP contribution < -0.4 is 10.0 Å². The second kappa shape index (κ2) is 3.19. The van der Waals surface area contributed by atoms with Crippen LogP contribution in [0, 0.1) is 0 Å². The van der Waals surface area contributed by atoms with Crippen molar-refractivity contribution in [2.45, 2.75) is 42.9 Å². The Kier molecular flexibility index (Phi) is 2.27. The summed E-state index contributed by atoms with van der Waals surface area (Å²) in [7, 11) is -3.60. The van der Waals surface area contributed by atoms with Crippen LogP contribution in [0.5, 0.6) is 0 Å². The molecule has 0 spiro atoms. The molecule has 0 aromatic rings. The number of hydrogen-bond donors (Lipinski definition) is 2. The molecule has 0 aromatic heterocycles. The van der Waals surface area contributed by atoms with Gasteiger partial charge in [0.15, 0.2) is 0 Å². The maximum atomic E-state index is 11.8. The molecule has 0 heterocycles. The van der Waals surface area contributed by atoms with E-state index < -0.39 is 26.2 Å². The third-order valence-electron chi connectivity index (χ3n) is 3.35. The summed E-state index contributed by atoms with van der Waals surface area (Å²) in [5.74, 6) is -0.618. The molecule has 0 radical (unpaired) electrons. The molecule has 2 saturated carbocycles. The summed E-state index contributed by atoms with van der Waals surface area (Å²) in [6, 6.07) is 0. The van der Waals surface area contributed by atoms with Gasteiger partial charge in [-0.3, -0.25) is 14.3 Å². The van der Waals surface area contributed by atoms with E-state index >= 15 is 0 Å². The van der Waals surface area contributed by atoms with Gasteiger partial charge in [-0.1, -0.05) is 0 Å². The molecule has 2 aliphatic rings. The molecule has 7 heteroatoms. The minimum atomic E-state index is -3.60. The molecule has 6 nitrogen and oxygen atoms in total. The van der Waals surface area contributed by atoms with Gasteiger partial charge in [-0.05, 0) is 32.6 Å². The van der Waals surface area contributed by atoms with Crippen LogP contribution in [0.4, 0.5) is 0 Å². The van der Waals surface area contributed by atoms with Crippen molar-refractivity contribution in [2.75, 3.05) is 0 Å². The van der Waals surface area contributed by atoms with Gasteiger partial charge in [-0.25, -0.2) is 8.42 Å². The molecule has 0 aromatic carbocycles. The summed E-state index contributed by atoms with van der Waals surface area (Å²) in [6.45, 7) is 1.61. The van der Waals surface area contributed by atoms with Crippen LogP contribution in [0.25, 0.3) is 0 Å². The molecular formula is C9H14N2O4S. The summed E-state index contributed by atoms with van der Waals surface area (Å²) in [5.41, 5.74) is -0.986. The lowest BCUT2D eigenvalue weighted by molar-refractivity contribution is -0.124. The minimum Gasteiger partial charge on any atom is -0.344 e. The fourth-order valence-corrected chi connectivity index (χ4v) is 2.79. The average molecular weight is 246 g/mol. The second-order valence-corrected chi connectivity index (χ2v) is 6.93. The SMILES string of the molecule is CC1(S(=O)(=O)NC(=O)C2(NC=O)CC2)CC1. The Balaban J connectivity index is 2.06. The fraction of sp³-hybridized carbons (Fsp3) is 0.778. The van der Waals surface area contributed by atoms with Crippen LogP contribution in [0.1, 0.15) is 32.6 Å². The lowest BCUT2D eigenvalue weighted by atomic mass is 10.3. The van der Waals surface area contributed by atoms with E-state index in [0.717, 1.165) is 0 Å². The van der Waals surface area contributed by atoms with E-state index in [2.05, 4.69) is 10.0 Å². The summed E-state index contributed by atoms with van der Waals surface area (Å²) in [4.78, 5) is 22.0. The molecule has 0 aliphatic heterocycles. The zero-order valence-electron chi connectivity index (χ0n) is 8.95. The van der Waals surface area contributed by atoms with E-state index in [9.17, 15) is 18.0 Å². The van der Waals surface area contributed by atoms with Gasteiger partial charge >= 0.3 is 0 Å². The van der Waals surface area contributed by atoms with Gasteiger partial charge in [0.25, 0.3) is 5.91 Å². The lowest BCUT2D eigenvalue weighted by Crippen LogP contribution is -2.50. The zero-order valence-corrected chi connectivity index (χ0v) is 9.76. The highest BCUT2D eigenvalue weighted by atomic mass is 32.2. The molecule has 90 valence electrons. The van der Waals surface area contributed by atoms with E-state index in [1.807, 2.05) is 0 Å². The smallest absolute Gasteiger partial charge is 0.259 e. The van der Waals surface area contributed by atoms with Crippen molar-refractivity contribution in [3.8, 4) is 0 Å². The standard InChI is InChI=1S/C9H14N2O4S/c1-8(2-3-8)16(14,15)11-7(13)9(4-5-9)10-6-12/h6H,2-5H2,1H3,(H,10,12)(H,11,13). The van der Waals surface area contributed by atoms with E-state index in [0.29, 0.717) is 32.1 Å². The zero-order chi connectivity index (χ0) is 12.0. The Morgan fingerprint density at radius 2 is 1.81 bits per heavy atom. The van der Waals surface area contributed by atoms with Gasteiger partial charge in [0.1, 0.15) is 5.54 Å². The van der Waals surface area contributed by atoms with Crippen LogP contribution >= 0.6 is 0 Å². The molecule has 2 amide bonds. The molecule has 2 fully saturated rings. The van der Waals surface area contributed by atoms with Crippen molar-refractivity contribution in [3.05, 3.63) is 0 Å². The maximum Gasteiger partial charge on any atom is 0.259 e. The highest BCUT2D eigenvalue weighted by Crippen LogP contribution is 2.43. The summed E-state index contributed by atoms with van der Waals surface area (Å²) in [6.07, 6.45) is 2.55. The number of amides is 2. The first-order valence-corrected chi connectivity index (χ1v) is 6.62. The van der Waals surface area contributed by atoms with Crippen LogP contribution in [0.3, 0.4) is 0 Å². The molecule has 2 rings (SSSR count). The van der Waals surface area contributed by atoms with Crippen molar-refractivity contribution in [1.82, 2.24) is 10.0 Å². The number of hydrogen-bond acceptors (Lipinski definition) is 4. The maximum absolute atomic E-state index is 11.8. The van der Waals surface area contributed by atoms with Gasteiger partial charge in [-0.2, -0.15) is 0 Å². The minimum absolute atomic E-state index is 0.429. The third-order valence-corrected chi connectivity index (χ3v) is 5.51. The number of sulfonamides is 1. The van der Waals surface area contributed by atoms with Crippen molar-refractivity contribution in [1.29, 1.82) is 0 Å². The van der Waals surface area contributed by atoms with Gasteiger partial charge < -0.3 is 5.32 Å². The summed E-state index contributed by atoms with van der Waals surface area (Å²) >= 11 is 0. The average Bonchev–Trinajstić information content (AvgIpc) is 3.03. The Morgan fingerprint density at radius 3 is 2.19 bits per heavy atom. The van der Waals surface area contributed by atoms with Crippen LogP contribution in [-0.2, 0) is 19.6 Å². The van der Waals surface area contributed by atoms with E-state index in [-0.39, 0.29) is 0 Å². The monoisotopic (exact) mass is 246 g/mol. The Morgan fingerprint density at radius 1 is 1.25 bits per heavy atom. The van der Waals surface area contributed by atoms with Crippen molar-refractivity contribution in [2.24, 2.45) is 0 Å². The topological polar surface area (TPSA) is 92.3 Å². The fourth-order valence-electron chi connectivity index (χ4n) is 1.46. The normalized spacial score (nSPS) is 24.3. The van der Waals surface area contributed by atoms with Gasteiger partial charge in [0.2, 0.25) is 16.4 Å². The quantitative estimate of drug-likeness (QED) is 0.625. The number of nitrogens with one attached hydrogen (secondary N) is 2. The first-order valence-electron chi connectivity index (χ1n) is 5.13. The first-order chi connectivity index (χ1) is 7.35. The van der Waals surface area contributed by atoms with Gasteiger partial charge in [0, 0.05) is 0 Å².